The van der Waals surface area contributed by atoms with Crippen LogP contribution in [0.2, 0.25) is 0 Å². The average Bonchev–Trinajstić information content (AvgIpc) is 2.69. The second-order valence-corrected chi connectivity index (χ2v) is 5.74. The summed E-state index contributed by atoms with van der Waals surface area (Å²) >= 11 is 1.05. The SMILES string of the molecule is O=C1CCCC2=C1SC1(O2)C(=O)CCCC1=O. The molecule has 1 spiro atoms. The molecule has 1 fully saturated rings. The fraction of sp³-hybridized carbons (Fsp3) is 0.583. The Labute approximate surface area is 103 Å². The lowest BCUT2D eigenvalue weighted by atomic mass is 9.94. The smallest absolute Gasteiger partial charge is 0.274 e. The quantitative estimate of drug-likeness (QED) is 0.614. The second kappa shape index (κ2) is 3.70. The normalized spacial score (nSPS) is 27.4. The minimum Gasteiger partial charge on any atom is -0.464 e. The zero-order chi connectivity index (χ0) is 12.0. The highest BCUT2D eigenvalue weighted by atomic mass is 32.2. The maximum Gasteiger partial charge on any atom is 0.274 e. The van der Waals surface area contributed by atoms with Crippen LogP contribution in [0.25, 0.3) is 0 Å². The van der Waals surface area contributed by atoms with Crippen LogP contribution in [0.4, 0.5) is 0 Å². The molecule has 5 heteroatoms. The van der Waals surface area contributed by atoms with Crippen molar-refractivity contribution < 1.29 is 19.1 Å². The first-order valence-corrected chi connectivity index (χ1v) is 6.66. The van der Waals surface area contributed by atoms with E-state index >= 15 is 0 Å². The molecule has 0 N–H and O–H groups in total. The molecule has 1 saturated carbocycles. The van der Waals surface area contributed by atoms with E-state index in [2.05, 4.69) is 0 Å². The zero-order valence-electron chi connectivity index (χ0n) is 9.28. The van der Waals surface area contributed by atoms with E-state index in [1.165, 1.54) is 0 Å². The third-order valence-electron chi connectivity index (χ3n) is 3.37. The molecule has 0 aromatic heterocycles. The van der Waals surface area contributed by atoms with Crippen molar-refractivity contribution in [2.24, 2.45) is 0 Å². The van der Waals surface area contributed by atoms with Crippen molar-refractivity contribution in [3.8, 4) is 0 Å². The van der Waals surface area contributed by atoms with Gasteiger partial charge >= 0.3 is 0 Å². The first-order chi connectivity index (χ1) is 8.13. The lowest BCUT2D eigenvalue weighted by Gasteiger charge is -2.29. The summed E-state index contributed by atoms with van der Waals surface area (Å²) in [6.07, 6.45) is 3.24. The molecular weight excluding hydrogens is 240 g/mol. The summed E-state index contributed by atoms with van der Waals surface area (Å²) in [4.78, 5) is 34.8. The molecule has 2 aliphatic carbocycles. The number of thioether (sulfide) groups is 1. The van der Waals surface area contributed by atoms with Crippen LogP contribution in [-0.2, 0) is 19.1 Å². The molecule has 1 aliphatic heterocycles. The van der Waals surface area contributed by atoms with Crippen molar-refractivity contribution in [1.29, 1.82) is 0 Å². The number of carbonyl (C=O) groups is 3. The summed E-state index contributed by atoms with van der Waals surface area (Å²) in [5.74, 6) is 0.219. The highest BCUT2D eigenvalue weighted by Crippen LogP contribution is 2.51. The fourth-order valence-electron chi connectivity index (χ4n) is 2.46. The number of hydrogen-bond acceptors (Lipinski definition) is 5. The summed E-state index contributed by atoms with van der Waals surface area (Å²) in [6, 6.07) is 0. The predicted molar refractivity (Wildman–Crippen MR) is 61.2 cm³/mol. The molecule has 4 nitrogen and oxygen atoms in total. The van der Waals surface area contributed by atoms with Gasteiger partial charge in [0.05, 0.1) is 4.91 Å². The van der Waals surface area contributed by atoms with Crippen molar-refractivity contribution in [2.45, 2.75) is 43.5 Å². The molecule has 0 radical (unpaired) electrons. The molecule has 0 aromatic carbocycles. The lowest BCUT2D eigenvalue weighted by Crippen LogP contribution is -2.46. The van der Waals surface area contributed by atoms with E-state index in [-0.39, 0.29) is 17.3 Å². The maximum absolute atomic E-state index is 12.0. The third kappa shape index (κ3) is 1.48. The van der Waals surface area contributed by atoms with Crippen molar-refractivity contribution in [3.05, 3.63) is 10.7 Å². The Morgan fingerprint density at radius 1 is 0.941 bits per heavy atom. The lowest BCUT2D eigenvalue weighted by molar-refractivity contribution is -0.146. The molecule has 0 amide bonds. The van der Waals surface area contributed by atoms with Crippen LogP contribution < -0.4 is 0 Å². The number of carbonyl (C=O) groups excluding carboxylic acids is 3. The molecule has 0 atom stereocenters. The molecule has 0 bridgehead atoms. The number of allylic oxidation sites excluding steroid dienone is 2. The van der Waals surface area contributed by atoms with Crippen LogP contribution in [0.15, 0.2) is 10.7 Å². The van der Waals surface area contributed by atoms with E-state index in [0.29, 0.717) is 42.8 Å². The van der Waals surface area contributed by atoms with Gasteiger partial charge in [-0.15, -0.1) is 0 Å². The summed E-state index contributed by atoms with van der Waals surface area (Å²) in [7, 11) is 0. The van der Waals surface area contributed by atoms with Gasteiger partial charge in [0, 0.05) is 25.7 Å². The van der Waals surface area contributed by atoms with E-state index in [9.17, 15) is 14.4 Å². The van der Waals surface area contributed by atoms with Gasteiger partial charge in [-0.3, -0.25) is 14.4 Å². The van der Waals surface area contributed by atoms with Crippen LogP contribution in [0.5, 0.6) is 0 Å². The van der Waals surface area contributed by atoms with E-state index in [1.54, 1.807) is 0 Å². The maximum atomic E-state index is 12.0. The van der Waals surface area contributed by atoms with Gasteiger partial charge in [0.15, 0.2) is 17.3 Å². The summed E-state index contributed by atoms with van der Waals surface area (Å²) in [6.45, 7) is 0. The predicted octanol–water partition coefficient (Wildman–Crippen LogP) is 1.73. The summed E-state index contributed by atoms with van der Waals surface area (Å²) in [5.41, 5.74) is 0. The fourth-order valence-corrected chi connectivity index (χ4v) is 3.80. The van der Waals surface area contributed by atoms with E-state index in [1.807, 2.05) is 0 Å². The Morgan fingerprint density at radius 2 is 1.59 bits per heavy atom. The van der Waals surface area contributed by atoms with E-state index < -0.39 is 4.93 Å². The van der Waals surface area contributed by atoms with Crippen LogP contribution in [0.1, 0.15) is 38.5 Å². The molecule has 0 aromatic rings. The molecule has 3 aliphatic rings. The first kappa shape index (κ1) is 11.0. The Balaban J connectivity index is 1.96. The number of hydrogen-bond donors (Lipinski definition) is 0. The molecule has 3 rings (SSSR count). The molecule has 0 saturated heterocycles. The van der Waals surface area contributed by atoms with Crippen molar-refractivity contribution in [2.75, 3.05) is 0 Å². The van der Waals surface area contributed by atoms with Crippen molar-refractivity contribution in [1.82, 2.24) is 0 Å². The number of ketones is 3. The van der Waals surface area contributed by atoms with Gasteiger partial charge < -0.3 is 4.74 Å². The Hall–Kier alpha value is -1.10. The van der Waals surface area contributed by atoms with Crippen LogP contribution in [-0.4, -0.2) is 22.3 Å². The highest BCUT2D eigenvalue weighted by molar-refractivity contribution is 8.06. The molecule has 0 unspecified atom stereocenters. The minimum atomic E-state index is -1.40. The van der Waals surface area contributed by atoms with Gasteiger partial charge in [0.1, 0.15) is 5.76 Å². The topological polar surface area (TPSA) is 60.4 Å². The average molecular weight is 252 g/mol. The van der Waals surface area contributed by atoms with Crippen LogP contribution in [0.3, 0.4) is 0 Å². The highest BCUT2D eigenvalue weighted by Gasteiger charge is 2.56. The van der Waals surface area contributed by atoms with Gasteiger partial charge in [-0.25, -0.2) is 0 Å². The van der Waals surface area contributed by atoms with E-state index in [0.717, 1.165) is 18.2 Å². The van der Waals surface area contributed by atoms with Crippen molar-refractivity contribution in [3.63, 3.8) is 0 Å². The Kier molecular flexibility index (Phi) is 2.40. The summed E-state index contributed by atoms with van der Waals surface area (Å²) < 4.78 is 5.61. The zero-order valence-corrected chi connectivity index (χ0v) is 10.1. The van der Waals surface area contributed by atoms with Gasteiger partial charge in [0.25, 0.3) is 4.93 Å². The third-order valence-corrected chi connectivity index (χ3v) is 4.85. The minimum absolute atomic E-state index is 0.0132. The molecule has 1 heterocycles. The Morgan fingerprint density at radius 3 is 2.24 bits per heavy atom. The largest absolute Gasteiger partial charge is 0.464 e. The molecule has 90 valence electrons. The van der Waals surface area contributed by atoms with Gasteiger partial charge in [0.2, 0.25) is 0 Å². The van der Waals surface area contributed by atoms with Gasteiger partial charge in [-0.05, 0) is 12.8 Å². The number of rotatable bonds is 0. The molecular formula is C12H12O4S. The van der Waals surface area contributed by atoms with Crippen LogP contribution in [0, 0.1) is 0 Å². The van der Waals surface area contributed by atoms with E-state index in [4.69, 9.17) is 4.74 Å². The number of Topliss-reactive ketones (excluding diaryl/α,β-unsaturated/α-hetero) is 3. The molecule has 17 heavy (non-hydrogen) atoms. The van der Waals surface area contributed by atoms with Crippen LogP contribution >= 0.6 is 11.8 Å². The standard InChI is InChI=1S/C12H12O4S/c13-7-3-1-4-8-11(7)17-12(16-8)9(14)5-2-6-10(12)15/h1-6H2. The monoisotopic (exact) mass is 252 g/mol. The van der Waals surface area contributed by atoms with Gasteiger partial charge in [-0.2, -0.15) is 0 Å². The van der Waals surface area contributed by atoms with Gasteiger partial charge in [-0.1, -0.05) is 11.8 Å². The van der Waals surface area contributed by atoms with Crippen molar-refractivity contribution >= 4 is 29.1 Å². The Bertz CT molecular complexity index is 447. The number of ether oxygens (including phenoxy) is 1. The summed E-state index contributed by atoms with van der Waals surface area (Å²) in [5, 5.41) is 0. The second-order valence-electron chi connectivity index (χ2n) is 4.55. The first-order valence-electron chi connectivity index (χ1n) is 5.84.